The molecule has 4 heteroatoms. The third-order valence-corrected chi connectivity index (χ3v) is 3.66. The van der Waals surface area contributed by atoms with E-state index in [4.69, 9.17) is 28.5 Å². The minimum absolute atomic E-state index is 0.333. The lowest BCUT2D eigenvalue weighted by Crippen LogP contribution is -1.78. The molecule has 0 aliphatic carbocycles. The molecule has 1 heterocycles. The maximum absolute atomic E-state index is 8.65. The van der Waals surface area contributed by atoms with Crippen molar-refractivity contribution in [3.8, 4) is 6.07 Å². The Morgan fingerprint density at radius 1 is 1.36 bits per heavy atom. The molecule has 1 aromatic heterocycles. The van der Waals surface area contributed by atoms with Crippen LogP contribution in [0, 0.1) is 11.3 Å². The first-order valence-corrected chi connectivity index (χ1v) is 5.53. The highest BCUT2D eigenvalue weighted by molar-refractivity contribution is 7.22. The van der Waals surface area contributed by atoms with E-state index in [1.54, 1.807) is 0 Å². The SMILES string of the molecule is N#CCc1c(Cl)sc2ccc(Cl)cc12. The average molecular weight is 242 g/mol. The zero-order chi connectivity index (χ0) is 10.1. The van der Waals surface area contributed by atoms with E-state index < -0.39 is 0 Å². The van der Waals surface area contributed by atoms with Gasteiger partial charge in [-0.05, 0) is 23.6 Å². The third-order valence-electron chi connectivity index (χ3n) is 1.96. The Balaban J connectivity index is 2.74. The Labute approximate surface area is 95.5 Å². The van der Waals surface area contributed by atoms with Gasteiger partial charge in [-0.2, -0.15) is 5.26 Å². The first kappa shape index (κ1) is 9.79. The van der Waals surface area contributed by atoms with Crippen LogP contribution >= 0.6 is 34.5 Å². The lowest BCUT2D eigenvalue weighted by Gasteiger charge is -1.93. The molecule has 0 atom stereocenters. The van der Waals surface area contributed by atoms with E-state index in [-0.39, 0.29) is 0 Å². The second-order valence-corrected chi connectivity index (χ2v) is 4.92. The molecular weight excluding hydrogens is 237 g/mol. The van der Waals surface area contributed by atoms with Gasteiger partial charge < -0.3 is 0 Å². The van der Waals surface area contributed by atoms with Crippen LogP contribution in [0.2, 0.25) is 9.36 Å². The summed E-state index contributed by atoms with van der Waals surface area (Å²) in [5, 5.41) is 10.3. The Morgan fingerprint density at radius 2 is 2.14 bits per heavy atom. The predicted octanol–water partition coefficient (Wildman–Crippen LogP) is 4.27. The van der Waals surface area contributed by atoms with E-state index in [1.165, 1.54) is 11.3 Å². The van der Waals surface area contributed by atoms with Gasteiger partial charge in [-0.25, -0.2) is 0 Å². The van der Waals surface area contributed by atoms with Crippen LogP contribution in [0.25, 0.3) is 10.1 Å². The maximum atomic E-state index is 8.65. The van der Waals surface area contributed by atoms with E-state index in [0.29, 0.717) is 15.8 Å². The standard InChI is InChI=1S/C10H5Cl2NS/c11-6-1-2-9-8(5-6)7(3-4-13)10(12)14-9/h1-2,5H,3H2. The highest BCUT2D eigenvalue weighted by atomic mass is 35.5. The van der Waals surface area contributed by atoms with Crippen molar-refractivity contribution in [2.24, 2.45) is 0 Å². The fourth-order valence-electron chi connectivity index (χ4n) is 1.33. The molecule has 2 aromatic rings. The van der Waals surface area contributed by atoms with Crippen LogP contribution in [-0.2, 0) is 6.42 Å². The number of halogens is 2. The van der Waals surface area contributed by atoms with Gasteiger partial charge in [0.25, 0.3) is 0 Å². The topological polar surface area (TPSA) is 23.8 Å². The van der Waals surface area contributed by atoms with Gasteiger partial charge in [0.05, 0.1) is 16.8 Å². The van der Waals surface area contributed by atoms with Crippen molar-refractivity contribution in [3.63, 3.8) is 0 Å². The zero-order valence-corrected chi connectivity index (χ0v) is 9.38. The summed E-state index contributed by atoms with van der Waals surface area (Å²) in [5.41, 5.74) is 0.886. The highest BCUT2D eigenvalue weighted by Crippen LogP contribution is 2.36. The Bertz CT molecular complexity index is 525. The number of thiophene rings is 1. The van der Waals surface area contributed by atoms with Crippen LogP contribution in [0.4, 0.5) is 0 Å². The number of fused-ring (bicyclic) bond motifs is 1. The highest BCUT2D eigenvalue weighted by Gasteiger charge is 2.10. The molecule has 0 fully saturated rings. The molecule has 0 aliphatic heterocycles. The van der Waals surface area contributed by atoms with Gasteiger partial charge in [0, 0.05) is 15.3 Å². The summed E-state index contributed by atoms with van der Waals surface area (Å²) in [7, 11) is 0. The molecule has 2 rings (SSSR count). The summed E-state index contributed by atoms with van der Waals surface area (Å²) in [6, 6.07) is 7.71. The first-order valence-electron chi connectivity index (χ1n) is 3.95. The summed E-state index contributed by atoms with van der Waals surface area (Å²) in [4.78, 5) is 0. The van der Waals surface area contributed by atoms with Gasteiger partial charge >= 0.3 is 0 Å². The van der Waals surface area contributed by atoms with Crippen LogP contribution in [0.3, 0.4) is 0 Å². The van der Waals surface area contributed by atoms with Crippen molar-refractivity contribution in [3.05, 3.63) is 33.1 Å². The van der Waals surface area contributed by atoms with Gasteiger partial charge in [0.15, 0.2) is 0 Å². The van der Waals surface area contributed by atoms with E-state index in [9.17, 15) is 0 Å². The minimum atomic E-state index is 0.333. The molecular formula is C10H5Cl2NS. The Hall–Kier alpha value is -0.750. The molecule has 14 heavy (non-hydrogen) atoms. The van der Waals surface area contributed by atoms with Crippen LogP contribution in [0.1, 0.15) is 5.56 Å². The number of benzene rings is 1. The molecule has 1 aromatic carbocycles. The van der Waals surface area contributed by atoms with E-state index >= 15 is 0 Å². The van der Waals surface area contributed by atoms with Crippen LogP contribution in [0.15, 0.2) is 18.2 Å². The molecule has 0 amide bonds. The van der Waals surface area contributed by atoms with Crippen molar-refractivity contribution in [1.29, 1.82) is 5.26 Å². The zero-order valence-electron chi connectivity index (χ0n) is 7.05. The van der Waals surface area contributed by atoms with Crippen molar-refractivity contribution < 1.29 is 0 Å². The largest absolute Gasteiger partial charge is 0.198 e. The number of nitrogens with zero attached hydrogens (tertiary/aromatic N) is 1. The lowest BCUT2D eigenvalue weighted by molar-refractivity contribution is 1.30. The van der Waals surface area contributed by atoms with E-state index in [2.05, 4.69) is 6.07 Å². The van der Waals surface area contributed by atoms with Gasteiger partial charge in [0.2, 0.25) is 0 Å². The summed E-state index contributed by atoms with van der Waals surface area (Å²) in [6.45, 7) is 0. The van der Waals surface area contributed by atoms with Crippen molar-refractivity contribution >= 4 is 44.6 Å². The molecule has 0 radical (unpaired) electrons. The van der Waals surface area contributed by atoms with Crippen LogP contribution < -0.4 is 0 Å². The minimum Gasteiger partial charge on any atom is -0.198 e. The van der Waals surface area contributed by atoms with Crippen molar-refractivity contribution in [2.75, 3.05) is 0 Å². The predicted molar refractivity (Wildman–Crippen MR) is 61.2 cm³/mol. The van der Waals surface area contributed by atoms with Gasteiger partial charge in [-0.15, -0.1) is 11.3 Å². The number of hydrogen-bond donors (Lipinski definition) is 0. The molecule has 1 nitrogen and oxygen atoms in total. The van der Waals surface area contributed by atoms with Gasteiger partial charge in [-0.3, -0.25) is 0 Å². The summed E-state index contributed by atoms with van der Waals surface area (Å²) < 4.78 is 1.76. The second kappa shape index (κ2) is 3.78. The molecule has 0 N–H and O–H groups in total. The molecule has 70 valence electrons. The van der Waals surface area contributed by atoms with Crippen LogP contribution in [-0.4, -0.2) is 0 Å². The molecule has 0 bridgehead atoms. The maximum Gasteiger partial charge on any atom is 0.0983 e. The normalized spacial score (nSPS) is 10.4. The monoisotopic (exact) mass is 241 g/mol. The second-order valence-electron chi connectivity index (χ2n) is 2.83. The molecule has 0 aliphatic rings. The number of rotatable bonds is 1. The fourth-order valence-corrected chi connectivity index (χ4v) is 2.85. The molecule has 0 spiro atoms. The lowest BCUT2D eigenvalue weighted by atomic mass is 10.1. The van der Waals surface area contributed by atoms with E-state index in [0.717, 1.165) is 15.6 Å². The van der Waals surface area contributed by atoms with Crippen molar-refractivity contribution in [2.45, 2.75) is 6.42 Å². The fraction of sp³-hybridized carbons (Fsp3) is 0.100. The Kier molecular flexibility index (Phi) is 2.64. The molecule has 0 saturated carbocycles. The molecule has 0 saturated heterocycles. The average Bonchev–Trinajstić information content (AvgIpc) is 2.45. The quantitative estimate of drug-likeness (QED) is 0.732. The first-order chi connectivity index (χ1) is 6.72. The number of nitriles is 1. The summed E-state index contributed by atoms with van der Waals surface area (Å²) in [6.07, 6.45) is 0.333. The summed E-state index contributed by atoms with van der Waals surface area (Å²) in [5.74, 6) is 0. The third kappa shape index (κ3) is 1.59. The van der Waals surface area contributed by atoms with Crippen LogP contribution in [0.5, 0.6) is 0 Å². The number of hydrogen-bond acceptors (Lipinski definition) is 2. The summed E-state index contributed by atoms with van der Waals surface area (Å²) >= 11 is 13.4. The molecule has 0 unspecified atom stereocenters. The Morgan fingerprint density at radius 3 is 2.86 bits per heavy atom. The smallest absolute Gasteiger partial charge is 0.0983 e. The van der Waals surface area contributed by atoms with Gasteiger partial charge in [0.1, 0.15) is 0 Å². The van der Waals surface area contributed by atoms with Gasteiger partial charge in [-0.1, -0.05) is 23.2 Å². The van der Waals surface area contributed by atoms with Crippen molar-refractivity contribution in [1.82, 2.24) is 0 Å². The van der Waals surface area contributed by atoms with E-state index in [1.807, 2.05) is 18.2 Å².